The number of anilines is 1. The Hall–Kier alpha value is -1.69. The van der Waals surface area contributed by atoms with Crippen molar-refractivity contribution < 1.29 is 13.2 Å². The maximum atomic E-state index is 13.5. The highest BCUT2D eigenvalue weighted by Crippen LogP contribution is 2.29. The third kappa shape index (κ3) is 2.95. The van der Waals surface area contributed by atoms with Gasteiger partial charge >= 0.3 is 0 Å². The summed E-state index contributed by atoms with van der Waals surface area (Å²) in [6.45, 7) is 0. The van der Waals surface area contributed by atoms with E-state index in [9.17, 15) is 13.2 Å². The van der Waals surface area contributed by atoms with Crippen LogP contribution >= 0.6 is 11.8 Å². The second kappa shape index (κ2) is 5.30. The molecule has 0 unspecified atom stereocenters. The van der Waals surface area contributed by atoms with Crippen LogP contribution in [0, 0.1) is 17.5 Å². The van der Waals surface area contributed by atoms with Gasteiger partial charge in [-0.25, -0.2) is 13.2 Å². The number of aromatic nitrogens is 1. The van der Waals surface area contributed by atoms with Crippen molar-refractivity contribution in [2.24, 2.45) is 0 Å². The first-order valence-electron chi connectivity index (χ1n) is 5.03. The van der Waals surface area contributed by atoms with E-state index in [0.717, 1.165) is 30.1 Å². The molecule has 18 heavy (non-hydrogen) atoms. The minimum Gasteiger partial charge on any atom is -0.399 e. The summed E-state index contributed by atoms with van der Waals surface area (Å²) in [7, 11) is 0. The average Bonchev–Trinajstić information content (AvgIpc) is 2.27. The second-order valence-corrected chi connectivity index (χ2v) is 4.60. The number of benzene rings is 1. The SMILES string of the molecule is Nc1cc(F)c(SCc2cncc(F)c2)c(F)c1. The zero-order chi connectivity index (χ0) is 13.1. The Morgan fingerprint density at radius 2 is 1.72 bits per heavy atom. The topological polar surface area (TPSA) is 38.9 Å². The highest BCUT2D eigenvalue weighted by atomic mass is 32.2. The zero-order valence-corrected chi connectivity index (χ0v) is 9.98. The largest absolute Gasteiger partial charge is 0.399 e. The number of halogens is 3. The smallest absolute Gasteiger partial charge is 0.141 e. The average molecular weight is 270 g/mol. The van der Waals surface area contributed by atoms with Crippen LogP contribution in [0.5, 0.6) is 0 Å². The number of nitrogens with zero attached hydrogens (tertiary/aromatic N) is 1. The van der Waals surface area contributed by atoms with Crippen molar-refractivity contribution in [1.82, 2.24) is 4.98 Å². The van der Waals surface area contributed by atoms with Crippen molar-refractivity contribution >= 4 is 17.4 Å². The van der Waals surface area contributed by atoms with Crippen LogP contribution in [0.4, 0.5) is 18.9 Å². The molecule has 94 valence electrons. The molecule has 0 aliphatic heterocycles. The van der Waals surface area contributed by atoms with Gasteiger partial charge in [-0.05, 0) is 23.8 Å². The quantitative estimate of drug-likeness (QED) is 0.686. The summed E-state index contributed by atoms with van der Waals surface area (Å²) in [5.41, 5.74) is 5.89. The number of rotatable bonds is 3. The van der Waals surface area contributed by atoms with Crippen molar-refractivity contribution in [2.45, 2.75) is 10.6 Å². The molecule has 2 aromatic rings. The van der Waals surface area contributed by atoms with Crippen LogP contribution in [-0.4, -0.2) is 4.98 Å². The van der Waals surface area contributed by atoms with Crippen LogP contribution < -0.4 is 5.73 Å². The molecule has 0 fully saturated rings. The molecule has 0 saturated carbocycles. The Labute approximate surface area is 106 Å². The zero-order valence-electron chi connectivity index (χ0n) is 9.16. The number of pyridine rings is 1. The van der Waals surface area contributed by atoms with Crippen molar-refractivity contribution in [3.05, 3.63) is 53.6 Å². The Morgan fingerprint density at radius 1 is 1.06 bits per heavy atom. The fourth-order valence-corrected chi connectivity index (χ4v) is 2.27. The second-order valence-electron chi connectivity index (χ2n) is 3.61. The van der Waals surface area contributed by atoms with E-state index in [-0.39, 0.29) is 16.3 Å². The summed E-state index contributed by atoms with van der Waals surface area (Å²) in [6, 6.07) is 3.37. The third-order valence-corrected chi connectivity index (χ3v) is 3.32. The van der Waals surface area contributed by atoms with Gasteiger partial charge in [0.05, 0.1) is 11.1 Å². The van der Waals surface area contributed by atoms with Crippen LogP contribution in [0.2, 0.25) is 0 Å². The third-order valence-electron chi connectivity index (χ3n) is 2.17. The van der Waals surface area contributed by atoms with E-state index in [0.29, 0.717) is 5.56 Å². The molecule has 0 aliphatic carbocycles. The summed E-state index contributed by atoms with van der Waals surface area (Å²) >= 11 is 0.932. The first-order chi connectivity index (χ1) is 8.56. The lowest BCUT2D eigenvalue weighted by atomic mass is 10.3. The van der Waals surface area contributed by atoms with E-state index in [1.54, 1.807) is 0 Å². The molecule has 0 bridgehead atoms. The van der Waals surface area contributed by atoms with E-state index >= 15 is 0 Å². The fraction of sp³-hybridized carbons (Fsp3) is 0.0833. The molecule has 1 aromatic heterocycles. The van der Waals surface area contributed by atoms with Crippen molar-refractivity contribution in [3.8, 4) is 0 Å². The first kappa shape index (κ1) is 12.8. The molecule has 0 spiro atoms. The predicted octanol–water partition coefficient (Wildman–Crippen LogP) is 3.37. The molecule has 0 amide bonds. The van der Waals surface area contributed by atoms with Crippen LogP contribution in [0.15, 0.2) is 35.5 Å². The highest BCUT2D eigenvalue weighted by Gasteiger charge is 2.11. The number of hydrogen-bond donors (Lipinski definition) is 1. The summed E-state index contributed by atoms with van der Waals surface area (Å²) < 4.78 is 39.8. The van der Waals surface area contributed by atoms with Crippen LogP contribution in [0.1, 0.15) is 5.56 Å². The molecule has 0 atom stereocenters. The maximum absolute atomic E-state index is 13.5. The summed E-state index contributed by atoms with van der Waals surface area (Å²) in [4.78, 5) is 3.53. The van der Waals surface area contributed by atoms with Gasteiger partial charge in [-0.1, -0.05) is 0 Å². The molecule has 1 heterocycles. The van der Waals surface area contributed by atoms with Gasteiger partial charge in [0.15, 0.2) is 0 Å². The molecule has 0 aliphatic rings. The molecule has 2 nitrogen and oxygen atoms in total. The maximum Gasteiger partial charge on any atom is 0.141 e. The lowest BCUT2D eigenvalue weighted by Gasteiger charge is -2.06. The number of nitrogens with two attached hydrogens (primary N) is 1. The van der Waals surface area contributed by atoms with Gasteiger partial charge in [-0.2, -0.15) is 0 Å². The summed E-state index contributed by atoms with van der Waals surface area (Å²) in [5.74, 6) is -1.70. The molecular formula is C12H9F3N2S. The van der Waals surface area contributed by atoms with E-state index < -0.39 is 17.5 Å². The van der Waals surface area contributed by atoms with Crippen LogP contribution in [-0.2, 0) is 5.75 Å². The van der Waals surface area contributed by atoms with E-state index in [2.05, 4.69) is 4.98 Å². The van der Waals surface area contributed by atoms with Crippen molar-refractivity contribution in [2.75, 3.05) is 5.73 Å². The Kier molecular flexibility index (Phi) is 3.76. The summed E-state index contributed by atoms with van der Waals surface area (Å²) in [5, 5.41) is 0. The van der Waals surface area contributed by atoms with Gasteiger partial charge < -0.3 is 5.73 Å². The molecule has 0 saturated heterocycles. The first-order valence-corrected chi connectivity index (χ1v) is 6.01. The minimum absolute atomic E-state index is 0.0294. The molecule has 2 N–H and O–H groups in total. The molecule has 0 radical (unpaired) electrons. The Morgan fingerprint density at radius 3 is 2.33 bits per heavy atom. The monoisotopic (exact) mass is 270 g/mol. The fourth-order valence-electron chi connectivity index (χ4n) is 1.41. The van der Waals surface area contributed by atoms with Crippen molar-refractivity contribution in [3.63, 3.8) is 0 Å². The Balaban J connectivity index is 2.16. The van der Waals surface area contributed by atoms with Crippen LogP contribution in [0.25, 0.3) is 0 Å². The lowest BCUT2D eigenvalue weighted by Crippen LogP contribution is -1.94. The van der Waals surface area contributed by atoms with E-state index in [4.69, 9.17) is 5.73 Å². The molecule has 1 aromatic carbocycles. The van der Waals surface area contributed by atoms with E-state index in [1.165, 1.54) is 12.3 Å². The standard InChI is InChI=1S/C12H9F3N2S/c13-8-1-7(4-17-5-8)6-18-12-10(14)2-9(16)3-11(12)15/h1-5H,6,16H2. The molecular weight excluding hydrogens is 261 g/mol. The van der Waals surface area contributed by atoms with Gasteiger partial charge in [0.2, 0.25) is 0 Å². The summed E-state index contributed by atoms with van der Waals surface area (Å²) in [6.07, 6.45) is 2.52. The van der Waals surface area contributed by atoms with Gasteiger partial charge in [-0.3, -0.25) is 4.98 Å². The van der Waals surface area contributed by atoms with Gasteiger partial charge in [0, 0.05) is 17.6 Å². The number of hydrogen-bond acceptors (Lipinski definition) is 3. The molecule has 6 heteroatoms. The van der Waals surface area contributed by atoms with Gasteiger partial charge in [0.25, 0.3) is 0 Å². The molecule has 2 rings (SSSR count). The van der Waals surface area contributed by atoms with Gasteiger partial charge in [-0.15, -0.1) is 11.8 Å². The normalized spacial score (nSPS) is 10.6. The van der Waals surface area contributed by atoms with Gasteiger partial charge in [0.1, 0.15) is 17.5 Å². The lowest BCUT2D eigenvalue weighted by molar-refractivity contribution is 0.542. The Bertz CT molecular complexity index is 552. The van der Waals surface area contributed by atoms with Crippen LogP contribution in [0.3, 0.4) is 0 Å². The minimum atomic E-state index is -0.720. The predicted molar refractivity (Wildman–Crippen MR) is 64.5 cm³/mol. The van der Waals surface area contributed by atoms with E-state index in [1.807, 2.05) is 0 Å². The van der Waals surface area contributed by atoms with Crippen molar-refractivity contribution in [1.29, 1.82) is 0 Å². The highest BCUT2D eigenvalue weighted by molar-refractivity contribution is 7.98. The number of thioether (sulfide) groups is 1. The number of nitrogen functional groups attached to an aromatic ring is 1.